The van der Waals surface area contributed by atoms with Crippen molar-refractivity contribution in [2.75, 3.05) is 6.61 Å². The second-order valence-corrected chi connectivity index (χ2v) is 1.73. The van der Waals surface area contributed by atoms with Crippen LogP contribution in [0.5, 0.6) is 6.01 Å². The lowest BCUT2D eigenvalue weighted by atomic mass is 10.5. The quantitative estimate of drug-likeness (QED) is 0.625. The molecule has 1 aromatic rings. The Morgan fingerprint density at radius 1 is 1.40 bits per heavy atom. The third-order valence-electron chi connectivity index (χ3n) is 0.918. The number of rotatable bonds is 3. The molecule has 0 unspecified atom stereocenters. The number of ether oxygens (including phenoxy) is 1. The highest BCUT2D eigenvalue weighted by Crippen LogP contribution is 1.96. The molecule has 1 aromatic heterocycles. The Balaban J connectivity index is 2.43. The minimum atomic E-state index is 0.422. The van der Waals surface area contributed by atoms with Gasteiger partial charge in [0.25, 0.3) is 0 Å². The van der Waals surface area contributed by atoms with Gasteiger partial charge in [0.2, 0.25) is 0 Å². The second-order valence-electron chi connectivity index (χ2n) is 1.73. The van der Waals surface area contributed by atoms with Crippen LogP contribution in [0.25, 0.3) is 0 Å². The van der Waals surface area contributed by atoms with Gasteiger partial charge in [-0.2, -0.15) is 0 Å². The van der Waals surface area contributed by atoms with E-state index in [1.54, 1.807) is 18.5 Å². The zero-order valence-electron chi connectivity index (χ0n) is 5.66. The topological polar surface area (TPSA) is 35.0 Å². The van der Waals surface area contributed by atoms with Crippen molar-refractivity contribution in [1.29, 1.82) is 0 Å². The van der Waals surface area contributed by atoms with Gasteiger partial charge in [0.15, 0.2) is 0 Å². The van der Waals surface area contributed by atoms with E-state index in [1.807, 2.05) is 0 Å². The van der Waals surface area contributed by atoms with Crippen LogP contribution in [0.4, 0.5) is 0 Å². The maximum atomic E-state index is 5.07. The van der Waals surface area contributed by atoms with Crippen molar-refractivity contribution in [2.24, 2.45) is 0 Å². The first kappa shape index (κ1) is 6.99. The molecule has 0 aliphatic rings. The highest BCUT2D eigenvalue weighted by molar-refractivity contribution is 4.92. The summed E-state index contributed by atoms with van der Waals surface area (Å²) in [5.41, 5.74) is 0. The molecule has 0 aliphatic carbocycles. The zero-order chi connectivity index (χ0) is 7.23. The first-order valence-electron chi connectivity index (χ1n) is 3.12. The van der Waals surface area contributed by atoms with Crippen LogP contribution in [0.15, 0.2) is 18.5 Å². The van der Waals surface area contributed by atoms with E-state index in [0.29, 0.717) is 12.6 Å². The van der Waals surface area contributed by atoms with Crippen molar-refractivity contribution in [2.45, 2.75) is 6.42 Å². The van der Waals surface area contributed by atoms with E-state index in [4.69, 9.17) is 4.74 Å². The Kier molecular flexibility index (Phi) is 2.67. The molecule has 10 heavy (non-hydrogen) atoms. The third kappa shape index (κ3) is 2.01. The van der Waals surface area contributed by atoms with Gasteiger partial charge < -0.3 is 4.74 Å². The number of aromatic nitrogens is 2. The molecule has 1 radical (unpaired) electrons. The van der Waals surface area contributed by atoms with Crippen molar-refractivity contribution < 1.29 is 4.74 Å². The summed E-state index contributed by atoms with van der Waals surface area (Å²) in [6, 6.07) is 2.17. The van der Waals surface area contributed by atoms with E-state index in [2.05, 4.69) is 16.9 Å². The van der Waals surface area contributed by atoms with Gasteiger partial charge in [-0.3, -0.25) is 0 Å². The summed E-state index contributed by atoms with van der Waals surface area (Å²) in [5.74, 6) is 0. The molecule has 0 N–H and O–H groups in total. The van der Waals surface area contributed by atoms with Crippen molar-refractivity contribution in [3.8, 4) is 6.01 Å². The summed E-state index contributed by atoms with van der Waals surface area (Å²) in [5, 5.41) is 0. The van der Waals surface area contributed by atoms with Gasteiger partial charge in [0.05, 0.1) is 6.61 Å². The Bertz CT molecular complexity index is 176. The Hall–Kier alpha value is -1.12. The van der Waals surface area contributed by atoms with Gasteiger partial charge >= 0.3 is 6.01 Å². The fourth-order valence-electron chi connectivity index (χ4n) is 0.523. The van der Waals surface area contributed by atoms with Gasteiger partial charge in [0.1, 0.15) is 0 Å². The molecule has 0 saturated heterocycles. The fraction of sp³-hybridized carbons (Fsp3) is 0.286. The molecule has 0 spiro atoms. The predicted octanol–water partition coefficient (Wildman–Crippen LogP) is 1.08. The lowest BCUT2D eigenvalue weighted by Crippen LogP contribution is -1.98. The van der Waals surface area contributed by atoms with Crippen LogP contribution in [0.2, 0.25) is 0 Å². The molecule has 3 heteroatoms. The van der Waals surface area contributed by atoms with Gasteiger partial charge in [0, 0.05) is 12.4 Å². The first-order valence-corrected chi connectivity index (χ1v) is 3.12. The number of nitrogens with zero attached hydrogens (tertiary/aromatic N) is 2. The van der Waals surface area contributed by atoms with Crippen molar-refractivity contribution >= 4 is 0 Å². The second kappa shape index (κ2) is 3.82. The van der Waals surface area contributed by atoms with E-state index in [9.17, 15) is 0 Å². The summed E-state index contributed by atoms with van der Waals surface area (Å²) < 4.78 is 5.07. The highest BCUT2D eigenvalue weighted by atomic mass is 16.5. The average Bonchev–Trinajstić information content (AvgIpc) is 2.03. The number of hydrogen-bond donors (Lipinski definition) is 0. The van der Waals surface area contributed by atoms with Crippen molar-refractivity contribution in [3.63, 3.8) is 0 Å². The summed E-state index contributed by atoms with van der Waals surface area (Å²) >= 11 is 0. The molecular weight excluding hydrogens is 128 g/mol. The van der Waals surface area contributed by atoms with Crippen LogP contribution in [0, 0.1) is 6.92 Å². The van der Waals surface area contributed by atoms with Crippen LogP contribution < -0.4 is 4.74 Å². The molecule has 0 atom stereocenters. The van der Waals surface area contributed by atoms with E-state index >= 15 is 0 Å². The largest absolute Gasteiger partial charge is 0.463 e. The minimum Gasteiger partial charge on any atom is -0.463 e. The van der Waals surface area contributed by atoms with Gasteiger partial charge in [-0.1, -0.05) is 0 Å². The van der Waals surface area contributed by atoms with Gasteiger partial charge in [-0.05, 0) is 19.4 Å². The highest BCUT2D eigenvalue weighted by Gasteiger charge is 1.90. The van der Waals surface area contributed by atoms with Crippen LogP contribution in [-0.2, 0) is 0 Å². The Labute approximate surface area is 60.1 Å². The molecule has 53 valence electrons. The summed E-state index contributed by atoms with van der Waals surface area (Å²) in [7, 11) is 0. The lowest BCUT2D eigenvalue weighted by Gasteiger charge is -1.98. The summed E-state index contributed by atoms with van der Waals surface area (Å²) in [4.78, 5) is 7.71. The molecule has 1 heterocycles. The van der Waals surface area contributed by atoms with E-state index in [-0.39, 0.29) is 0 Å². The van der Waals surface area contributed by atoms with Crippen LogP contribution >= 0.6 is 0 Å². The predicted molar refractivity (Wildman–Crippen MR) is 37.5 cm³/mol. The smallest absolute Gasteiger partial charge is 0.316 e. The Morgan fingerprint density at radius 3 is 2.70 bits per heavy atom. The molecule has 0 bridgehead atoms. The van der Waals surface area contributed by atoms with Crippen molar-refractivity contribution in [1.82, 2.24) is 9.97 Å². The van der Waals surface area contributed by atoms with Crippen LogP contribution in [0.1, 0.15) is 6.42 Å². The molecule has 0 saturated carbocycles. The number of hydrogen-bond acceptors (Lipinski definition) is 3. The molecule has 0 aliphatic heterocycles. The van der Waals surface area contributed by atoms with Gasteiger partial charge in [-0.15, -0.1) is 0 Å². The van der Waals surface area contributed by atoms with E-state index in [0.717, 1.165) is 6.42 Å². The fourth-order valence-corrected chi connectivity index (χ4v) is 0.523. The zero-order valence-corrected chi connectivity index (χ0v) is 5.66. The molecule has 0 fully saturated rings. The molecule has 1 rings (SSSR count). The SMILES string of the molecule is [CH2]CCOc1ncccn1. The minimum absolute atomic E-state index is 0.422. The third-order valence-corrected chi connectivity index (χ3v) is 0.918. The monoisotopic (exact) mass is 137 g/mol. The van der Waals surface area contributed by atoms with Crippen LogP contribution in [-0.4, -0.2) is 16.6 Å². The standard InChI is InChI=1S/C7H9N2O/c1-2-6-10-7-8-4-3-5-9-7/h3-5H,1-2,6H2. The normalized spacial score (nSPS) is 9.30. The first-order chi connectivity index (χ1) is 4.93. The van der Waals surface area contributed by atoms with Crippen molar-refractivity contribution in [3.05, 3.63) is 25.4 Å². The summed E-state index contributed by atoms with van der Waals surface area (Å²) in [6.45, 7) is 4.19. The molecule has 3 nitrogen and oxygen atoms in total. The Morgan fingerprint density at radius 2 is 2.10 bits per heavy atom. The van der Waals surface area contributed by atoms with E-state index in [1.165, 1.54) is 0 Å². The van der Waals surface area contributed by atoms with E-state index < -0.39 is 0 Å². The lowest BCUT2D eigenvalue weighted by molar-refractivity contribution is 0.298. The molecule has 0 aromatic carbocycles. The summed E-state index contributed by atoms with van der Waals surface area (Å²) in [6.07, 6.45) is 4.02. The maximum Gasteiger partial charge on any atom is 0.316 e. The van der Waals surface area contributed by atoms with Gasteiger partial charge in [-0.25, -0.2) is 9.97 Å². The maximum absolute atomic E-state index is 5.07. The molecule has 0 amide bonds. The molecular formula is C7H9N2O. The average molecular weight is 137 g/mol. The van der Waals surface area contributed by atoms with Crippen LogP contribution in [0.3, 0.4) is 0 Å².